The Hall–Kier alpha value is -2.40. The number of hydrogen-bond acceptors (Lipinski definition) is 3. The van der Waals surface area contributed by atoms with E-state index in [9.17, 15) is 4.79 Å². The van der Waals surface area contributed by atoms with Crippen LogP contribution < -0.4 is 0 Å². The molecule has 0 aliphatic carbocycles. The second-order valence-electron chi connectivity index (χ2n) is 4.47. The zero-order valence-electron chi connectivity index (χ0n) is 11.1. The van der Waals surface area contributed by atoms with Crippen LogP contribution in [0.1, 0.15) is 5.56 Å². The van der Waals surface area contributed by atoms with Gasteiger partial charge in [0.1, 0.15) is 0 Å². The number of nitrogens with zero attached hydrogens (tertiary/aromatic N) is 3. The molecule has 0 aliphatic heterocycles. The molecule has 20 heavy (non-hydrogen) atoms. The predicted octanol–water partition coefficient (Wildman–Crippen LogP) is 1.94. The van der Waals surface area contributed by atoms with Crippen LogP contribution in [0.25, 0.3) is 5.69 Å². The van der Waals surface area contributed by atoms with E-state index in [0.717, 1.165) is 11.3 Å². The van der Waals surface area contributed by atoms with Crippen molar-refractivity contribution in [2.75, 3.05) is 13.1 Å². The fourth-order valence-corrected chi connectivity index (χ4v) is 1.99. The van der Waals surface area contributed by atoms with Crippen molar-refractivity contribution in [3.8, 4) is 5.69 Å². The lowest BCUT2D eigenvalue weighted by Crippen LogP contribution is -2.29. The summed E-state index contributed by atoms with van der Waals surface area (Å²) >= 11 is 0. The first kappa shape index (κ1) is 14.0. The highest BCUT2D eigenvalue weighted by molar-refractivity contribution is 5.69. The van der Waals surface area contributed by atoms with E-state index in [2.05, 4.69) is 11.7 Å². The summed E-state index contributed by atoms with van der Waals surface area (Å²) in [5.74, 6) is -0.833. The van der Waals surface area contributed by atoms with Gasteiger partial charge in [-0.2, -0.15) is 5.10 Å². The summed E-state index contributed by atoms with van der Waals surface area (Å²) in [6, 6.07) is 9.76. The lowest BCUT2D eigenvalue weighted by molar-refractivity contribution is -0.138. The lowest BCUT2D eigenvalue weighted by Gasteiger charge is -2.18. The van der Waals surface area contributed by atoms with Crippen LogP contribution in [0.4, 0.5) is 0 Å². The molecule has 0 bridgehead atoms. The first-order chi connectivity index (χ1) is 9.69. The van der Waals surface area contributed by atoms with Crippen LogP contribution in [-0.2, 0) is 11.3 Å². The van der Waals surface area contributed by atoms with Gasteiger partial charge in [-0.3, -0.25) is 9.69 Å². The molecular formula is C15H17N3O2. The Morgan fingerprint density at radius 3 is 2.70 bits per heavy atom. The Bertz CT molecular complexity index is 561. The Balaban J connectivity index is 2.05. The van der Waals surface area contributed by atoms with E-state index < -0.39 is 5.97 Å². The molecule has 0 saturated carbocycles. The molecule has 0 amide bonds. The van der Waals surface area contributed by atoms with E-state index in [1.165, 1.54) is 0 Å². The topological polar surface area (TPSA) is 58.4 Å². The predicted molar refractivity (Wildman–Crippen MR) is 76.7 cm³/mol. The van der Waals surface area contributed by atoms with Gasteiger partial charge in [-0.15, -0.1) is 6.58 Å². The SMILES string of the molecule is C=CCN(CC(=O)O)Cc1ccc(-n2cccn2)cc1. The summed E-state index contributed by atoms with van der Waals surface area (Å²) < 4.78 is 1.78. The molecule has 1 heterocycles. The maximum atomic E-state index is 10.8. The monoisotopic (exact) mass is 271 g/mol. The van der Waals surface area contributed by atoms with Crippen LogP contribution in [0, 0.1) is 0 Å². The minimum atomic E-state index is -0.833. The van der Waals surface area contributed by atoms with Gasteiger partial charge in [-0.1, -0.05) is 18.2 Å². The maximum Gasteiger partial charge on any atom is 0.317 e. The molecule has 1 aromatic carbocycles. The zero-order valence-corrected chi connectivity index (χ0v) is 11.1. The van der Waals surface area contributed by atoms with Gasteiger partial charge >= 0.3 is 5.97 Å². The molecule has 0 saturated heterocycles. The van der Waals surface area contributed by atoms with E-state index in [1.54, 1.807) is 17.0 Å². The first-order valence-electron chi connectivity index (χ1n) is 6.33. The summed E-state index contributed by atoms with van der Waals surface area (Å²) in [6.07, 6.45) is 5.32. The van der Waals surface area contributed by atoms with Crippen LogP contribution in [0.3, 0.4) is 0 Å². The van der Waals surface area contributed by atoms with Gasteiger partial charge in [0.05, 0.1) is 12.2 Å². The van der Waals surface area contributed by atoms with Crippen molar-refractivity contribution in [3.05, 3.63) is 60.9 Å². The van der Waals surface area contributed by atoms with Gasteiger partial charge in [0.25, 0.3) is 0 Å². The van der Waals surface area contributed by atoms with Crippen LogP contribution in [-0.4, -0.2) is 38.8 Å². The molecule has 0 radical (unpaired) electrons. The van der Waals surface area contributed by atoms with Crippen molar-refractivity contribution in [2.45, 2.75) is 6.54 Å². The molecule has 0 spiro atoms. The number of carboxylic acids is 1. The first-order valence-corrected chi connectivity index (χ1v) is 6.33. The van der Waals surface area contributed by atoms with Crippen LogP contribution in [0.5, 0.6) is 0 Å². The number of carbonyl (C=O) groups is 1. The molecule has 104 valence electrons. The fourth-order valence-electron chi connectivity index (χ4n) is 1.99. The number of rotatable bonds is 7. The summed E-state index contributed by atoms with van der Waals surface area (Å²) in [4.78, 5) is 12.6. The van der Waals surface area contributed by atoms with Gasteiger partial charge in [0.2, 0.25) is 0 Å². The van der Waals surface area contributed by atoms with Crippen LogP contribution in [0.2, 0.25) is 0 Å². The Morgan fingerprint density at radius 2 is 2.15 bits per heavy atom. The quantitative estimate of drug-likeness (QED) is 0.782. The third-order valence-corrected chi connectivity index (χ3v) is 2.86. The van der Waals surface area contributed by atoms with Crippen molar-refractivity contribution < 1.29 is 9.90 Å². The van der Waals surface area contributed by atoms with Crippen molar-refractivity contribution in [2.24, 2.45) is 0 Å². The molecule has 2 rings (SSSR count). The van der Waals surface area contributed by atoms with Crippen molar-refractivity contribution in [3.63, 3.8) is 0 Å². The number of carboxylic acid groups (broad SMARTS) is 1. The molecule has 0 fully saturated rings. The van der Waals surface area contributed by atoms with Crippen LogP contribution in [0.15, 0.2) is 55.4 Å². The van der Waals surface area contributed by atoms with E-state index in [4.69, 9.17) is 5.11 Å². The molecule has 0 aliphatic rings. The zero-order chi connectivity index (χ0) is 14.4. The average Bonchev–Trinajstić information content (AvgIpc) is 2.93. The van der Waals surface area contributed by atoms with Gasteiger partial charge in [0.15, 0.2) is 0 Å². The molecule has 5 heteroatoms. The van der Waals surface area contributed by atoms with E-state index in [-0.39, 0.29) is 6.54 Å². The van der Waals surface area contributed by atoms with Crippen LogP contribution >= 0.6 is 0 Å². The molecular weight excluding hydrogens is 254 g/mol. The van der Waals surface area contributed by atoms with Crippen molar-refractivity contribution >= 4 is 5.97 Å². The van der Waals surface area contributed by atoms with Gasteiger partial charge in [0, 0.05) is 25.5 Å². The highest BCUT2D eigenvalue weighted by Gasteiger charge is 2.08. The largest absolute Gasteiger partial charge is 0.480 e. The van der Waals surface area contributed by atoms with Gasteiger partial charge in [-0.05, 0) is 23.8 Å². The molecule has 1 N–H and O–H groups in total. The summed E-state index contributed by atoms with van der Waals surface area (Å²) in [5.41, 5.74) is 2.04. The Labute approximate surface area is 117 Å². The highest BCUT2D eigenvalue weighted by Crippen LogP contribution is 2.10. The van der Waals surface area contributed by atoms with E-state index in [0.29, 0.717) is 13.1 Å². The standard InChI is InChI=1S/C15H17N3O2/c1-2-9-17(12-15(19)20)11-13-4-6-14(7-5-13)18-10-3-8-16-18/h2-8,10H,1,9,11-12H2,(H,19,20). The molecule has 0 unspecified atom stereocenters. The van der Waals surface area contributed by atoms with E-state index in [1.807, 2.05) is 41.4 Å². The van der Waals surface area contributed by atoms with Gasteiger partial charge < -0.3 is 5.11 Å². The third-order valence-electron chi connectivity index (χ3n) is 2.86. The van der Waals surface area contributed by atoms with E-state index >= 15 is 0 Å². The normalized spacial score (nSPS) is 10.7. The minimum absolute atomic E-state index is 0.00687. The summed E-state index contributed by atoms with van der Waals surface area (Å²) in [6.45, 7) is 4.79. The lowest BCUT2D eigenvalue weighted by atomic mass is 10.2. The summed E-state index contributed by atoms with van der Waals surface area (Å²) in [7, 11) is 0. The van der Waals surface area contributed by atoms with Crippen molar-refractivity contribution in [1.29, 1.82) is 0 Å². The number of hydrogen-bond donors (Lipinski definition) is 1. The smallest absolute Gasteiger partial charge is 0.317 e. The molecule has 2 aromatic rings. The summed E-state index contributed by atoms with van der Waals surface area (Å²) in [5, 5.41) is 13.0. The van der Waals surface area contributed by atoms with Gasteiger partial charge in [-0.25, -0.2) is 4.68 Å². The Morgan fingerprint density at radius 1 is 1.40 bits per heavy atom. The van der Waals surface area contributed by atoms with Crippen molar-refractivity contribution in [1.82, 2.24) is 14.7 Å². The second kappa shape index (κ2) is 6.68. The number of aliphatic carboxylic acids is 1. The molecule has 1 aromatic heterocycles. The second-order valence-corrected chi connectivity index (χ2v) is 4.47. The third kappa shape index (κ3) is 3.80. The molecule has 0 atom stereocenters. The average molecular weight is 271 g/mol. The fraction of sp³-hybridized carbons (Fsp3) is 0.200. The Kier molecular flexibility index (Phi) is 4.68. The number of benzene rings is 1. The molecule has 5 nitrogen and oxygen atoms in total. The number of aromatic nitrogens is 2. The maximum absolute atomic E-state index is 10.8. The minimum Gasteiger partial charge on any atom is -0.480 e. The highest BCUT2D eigenvalue weighted by atomic mass is 16.4.